The molecule has 0 atom stereocenters. The Balaban J connectivity index is -0.000000791. The van der Waals surface area contributed by atoms with Crippen molar-refractivity contribution in [3.8, 4) is 0 Å². The number of hydrogen-bond donors (Lipinski definition) is 0. The Labute approximate surface area is 881 Å². The molecule has 0 heterocycles. The van der Waals surface area contributed by atoms with Crippen LogP contribution in [0.5, 0.6) is 0 Å². The molecule has 0 aromatic rings. The topological polar surface area (TPSA) is 136 Å². The largest absolute Gasteiger partial charge is 1.00 e. The summed E-state index contributed by atoms with van der Waals surface area (Å²) in [5.74, 6) is 0. The van der Waals surface area contributed by atoms with Gasteiger partial charge < -0.3 is 42.0 Å². The molecule has 0 saturated carbocycles. The maximum atomic E-state index is 9.32. The van der Waals surface area contributed by atoms with Gasteiger partial charge in [-0.2, -0.15) is 0 Å². The third-order valence-corrected chi connectivity index (χ3v) is 33.7. The van der Waals surface area contributed by atoms with Crippen LogP contribution in [0, 0.1) is 0 Å². The summed E-state index contributed by atoms with van der Waals surface area (Å²) < 4.78 is 24.1. The van der Waals surface area contributed by atoms with Gasteiger partial charge in [0.2, 0.25) is 0 Å². The van der Waals surface area contributed by atoms with E-state index >= 15 is 0 Å². The van der Waals surface area contributed by atoms with E-state index in [1.54, 1.807) is 0 Å². The molecule has 840 valence electrons. The molecule has 0 unspecified atom stereocenters. The van der Waals surface area contributed by atoms with Crippen molar-refractivity contribution in [2.45, 2.75) is 775 Å². The second kappa shape index (κ2) is 123. The number of hydrogen-bond acceptors (Lipinski definition) is 7. The second-order valence-electron chi connectivity index (χ2n) is 46.2. The Hall–Kier alpha value is 0.180. The maximum Gasteiger partial charge on any atom is 1.00 e. The number of quaternary nitrogens is 2. The highest BCUT2D eigenvalue weighted by Gasteiger charge is 2.28. The highest BCUT2D eigenvalue weighted by molar-refractivity contribution is 7.57. The van der Waals surface area contributed by atoms with Gasteiger partial charge in [0.1, 0.15) is 0 Å². The first-order valence-electron chi connectivity index (χ1n) is 65.6. The van der Waals surface area contributed by atoms with E-state index in [4.69, 9.17) is 0 Å². The molecule has 11 heteroatoms. The van der Waals surface area contributed by atoms with Gasteiger partial charge in [-0.3, -0.25) is 0 Å². The van der Waals surface area contributed by atoms with Crippen molar-refractivity contribution in [3.05, 3.63) is 0 Å². The Morgan fingerprint density at radius 1 is 0.122 bits per heavy atom. The fourth-order valence-electron chi connectivity index (χ4n) is 22.6. The van der Waals surface area contributed by atoms with Crippen LogP contribution < -0.4 is 19.6 Å². The van der Waals surface area contributed by atoms with Crippen molar-refractivity contribution in [1.82, 2.24) is 0 Å². The van der Waals surface area contributed by atoms with E-state index in [9.17, 15) is 28.7 Å². The van der Waals surface area contributed by atoms with Crippen LogP contribution in [0.3, 0.4) is 0 Å². The molecule has 0 aliphatic heterocycles. The number of rotatable bonds is 122. The highest BCUT2D eigenvalue weighted by atomic mass is 31.3. The molecule has 0 amide bonds. The Morgan fingerprint density at radius 3 is 0.230 bits per heavy atom. The van der Waals surface area contributed by atoms with Gasteiger partial charge in [-0.15, -0.1) is 0 Å². The van der Waals surface area contributed by atoms with E-state index in [1.807, 2.05) is 0 Å². The fourth-order valence-corrected chi connectivity index (χ4v) is 23.6. The summed E-state index contributed by atoms with van der Waals surface area (Å²) in [6, 6.07) is 0. The van der Waals surface area contributed by atoms with Gasteiger partial charge in [-0.05, 0) is 103 Å². The van der Waals surface area contributed by atoms with Crippen LogP contribution in [0.4, 0.5) is 0 Å². The zero-order valence-electron chi connectivity index (χ0n) is 99.5. The second-order valence-corrected chi connectivity index (χ2v) is 48.7. The van der Waals surface area contributed by atoms with Crippen molar-refractivity contribution in [1.29, 1.82) is 0 Å². The monoisotopic (exact) mass is 2010 g/mol. The Bertz CT molecular complexity index is 1860. The van der Waals surface area contributed by atoms with Crippen molar-refractivity contribution in [2.24, 2.45) is 0 Å². The summed E-state index contributed by atoms with van der Waals surface area (Å²) in [5, 5.41) is 0. The standard InChI is InChI=1S/2C64H132N.H4O7P2/c2*1-5-9-13-17-21-25-29-33-37-41-45-49-53-57-61-65(62-58-54-50-46-42-38-34-30-26-22-18-14-10-6-2,63-59-55-51-47-43-39-35-31-27-23-19-15-11-7-3)64-60-56-52-48-44-40-36-32-28-24-20-16-12-8-4;1-8(2,3)7-9(4,5)6/h2*5-64H2,1-4H3;(H2,1,2,3)(H2,4,5,6)/q2*+1;/p-2. The lowest BCUT2D eigenvalue weighted by atomic mass is 10.0. The van der Waals surface area contributed by atoms with Crippen LogP contribution in [-0.4, -0.2) is 61.3 Å². The average molecular weight is 2010 g/mol. The first kappa shape index (κ1) is 143. The van der Waals surface area contributed by atoms with Gasteiger partial charge in [-0.1, -0.05) is 672 Å². The smallest absolute Gasteiger partial charge is 0.790 e. The van der Waals surface area contributed by atoms with E-state index in [0.29, 0.717) is 0 Å². The van der Waals surface area contributed by atoms with Gasteiger partial charge in [-0.25, -0.2) is 0 Å². The molecule has 0 aromatic heterocycles. The summed E-state index contributed by atoms with van der Waals surface area (Å²) in [7, 11) is -11.4. The van der Waals surface area contributed by atoms with Crippen LogP contribution in [0.15, 0.2) is 0 Å². The average Bonchev–Trinajstić information content (AvgIpc) is 0.871. The molecule has 0 aliphatic rings. The maximum absolute atomic E-state index is 9.32. The molecular weight excluding hydrogens is 1740 g/mol. The van der Waals surface area contributed by atoms with E-state index in [2.05, 4.69) is 59.7 Å². The summed E-state index contributed by atoms with van der Waals surface area (Å²) in [4.78, 5) is 37.3. The van der Waals surface area contributed by atoms with Gasteiger partial charge >= 0.3 is 2.85 Å². The van der Waals surface area contributed by atoms with Crippen LogP contribution in [0.25, 0.3) is 0 Å². The number of nitrogens with zero attached hydrogens (tertiary/aromatic N) is 2. The minimum Gasteiger partial charge on any atom is -0.790 e. The predicted molar refractivity (Wildman–Crippen MR) is 620 cm³/mol. The first-order valence-corrected chi connectivity index (χ1v) is 68.6. The molecule has 0 bridgehead atoms. The normalized spacial score (nSPS) is 12.1. The fraction of sp³-hybridized carbons (Fsp3) is 1.00. The van der Waals surface area contributed by atoms with Crippen molar-refractivity contribution in [3.63, 3.8) is 0 Å². The van der Waals surface area contributed by atoms with E-state index in [0.717, 1.165) is 0 Å². The van der Waals surface area contributed by atoms with Gasteiger partial charge in [0, 0.05) is 0 Å². The lowest BCUT2D eigenvalue weighted by Crippen LogP contribution is -2.50. The van der Waals surface area contributed by atoms with E-state index in [1.165, 1.54) is 780 Å². The summed E-state index contributed by atoms with van der Waals surface area (Å²) in [6.07, 6.45) is 165. The van der Waals surface area contributed by atoms with Gasteiger partial charge in [0.05, 0.1) is 68.0 Å². The van der Waals surface area contributed by atoms with Crippen molar-refractivity contribution in [2.75, 3.05) is 52.4 Å². The number of phosphoric acid groups is 2. The third kappa shape index (κ3) is 127. The molecule has 0 fully saturated rings. The van der Waals surface area contributed by atoms with Crippen LogP contribution in [0.1, 0.15) is 777 Å². The molecule has 0 spiro atoms. The minimum absolute atomic E-state index is 0. The van der Waals surface area contributed by atoms with Crippen LogP contribution >= 0.6 is 15.6 Å². The zero-order valence-corrected chi connectivity index (χ0v) is 99.3. The predicted octanol–water partition coefficient (Wildman–Crippen LogP) is 44.3. The van der Waals surface area contributed by atoms with E-state index < -0.39 is 15.6 Å². The van der Waals surface area contributed by atoms with Crippen LogP contribution in [0.2, 0.25) is 0 Å². The summed E-state index contributed by atoms with van der Waals surface area (Å²) in [5.41, 5.74) is 0. The lowest BCUT2D eigenvalue weighted by molar-refractivity contribution is -0.929. The quantitative estimate of drug-likeness (QED) is 0.0336. The molecule has 0 radical (unpaired) electrons. The van der Waals surface area contributed by atoms with Gasteiger partial charge in [0.15, 0.2) is 0 Å². The van der Waals surface area contributed by atoms with Crippen molar-refractivity contribution >= 4 is 15.6 Å². The molecule has 0 saturated heterocycles. The zero-order chi connectivity index (χ0) is 102. The minimum atomic E-state index is -5.68. The first-order chi connectivity index (χ1) is 68.2. The Morgan fingerprint density at radius 2 is 0.180 bits per heavy atom. The third-order valence-electron chi connectivity index (χ3n) is 32.1. The molecule has 9 nitrogen and oxygen atoms in total. The summed E-state index contributed by atoms with van der Waals surface area (Å²) in [6.45, 7) is 30.6. The van der Waals surface area contributed by atoms with Crippen molar-refractivity contribution < 1.29 is 44.8 Å². The summed E-state index contributed by atoms with van der Waals surface area (Å²) >= 11 is 0. The SMILES string of the molecule is CCCCCCCCCCCCCCCC[N+](CCCCCCCCCCCCCCCC)(CCCCCCCCCCCCCCCC)CCCCCCCCCCCCCCCC.CCCCCCCCCCCCCCCC[N+](CCCCCCCCCCCCCCCC)(CCCCCCCCCCCCCCCC)CCCCCCCCCCCCCCCC.O=P([O-])([O-])OP(=O)([O-])[O-].[H+].[H+]. The molecule has 0 N–H and O–H groups in total. The molecule has 0 aliphatic carbocycles. The molecule has 139 heavy (non-hydrogen) atoms. The Kier molecular flexibility index (Phi) is 127. The highest BCUT2D eigenvalue weighted by Crippen LogP contribution is 2.43. The lowest BCUT2D eigenvalue weighted by Gasteiger charge is -2.40. The molecule has 0 aromatic carbocycles. The number of unbranched alkanes of at least 4 members (excludes halogenated alkanes) is 104. The van der Waals surface area contributed by atoms with E-state index in [-0.39, 0.29) is 2.85 Å². The molecular formula is C128H266N2O7P2. The van der Waals surface area contributed by atoms with Crippen LogP contribution in [-0.2, 0) is 13.4 Å². The van der Waals surface area contributed by atoms with Gasteiger partial charge in [0.25, 0.3) is 0 Å². The molecule has 0 rings (SSSR count).